The molecular weight excluding hydrogens is 348 g/mol. The SMILES string of the molecule is COc1cc(N2CCC(CC(=O)N3CCN(C)CC3)CC2)ccc1[N+](=O)[O-]. The minimum Gasteiger partial charge on any atom is -0.490 e. The molecule has 148 valence electrons. The number of rotatable bonds is 5. The quantitative estimate of drug-likeness (QED) is 0.578. The van der Waals surface area contributed by atoms with Crippen LogP contribution in [0.1, 0.15) is 19.3 Å². The van der Waals surface area contributed by atoms with Crippen LogP contribution in [-0.4, -0.2) is 74.1 Å². The van der Waals surface area contributed by atoms with E-state index in [0.717, 1.165) is 57.8 Å². The Bertz CT molecular complexity index is 680. The number of ether oxygens (including phenoxy) is 1. The number of nitro benzene ring substituents is 1. The summed E-state index contributed by atoms with van der Waals surface area (Å²) < 4.78 is 5.16. The molecule has 2 aliphatic rings. The molecule has 27 heavy (non-hydrogen) atoms. The van der Waals surface area contributed by atoms with Crippen LogP contribution in [0.3, 0.4) is 0 Å². The highest BCUT2D eigenvalue weighted by Gasteiger charge is 2.26. The van der Waals surface area contributed by atoms with Crippen molar-refractivity contribution < 1.29 is 14.5 Å². The molecule has 3 rings (SSSR count). The second-order valence-electron chi connectivity index (χ2n) is 7.43. The molecule has 2 saturated heterocycles. The highest BCUT2D eigenvalue weighted by molar-refractivity contribution is 5.76. The van der Waals surface area contributed by atoms with Crippen LogP contribution in [0.25, 0.3) is 0 Å². The maximum atomic E-state index is 12.5. The van der Waals surface area contributed by atoms with Gasteiger partial charge in [-0.15, -0.1) is 0 Å². The fraction of sp³-hybridized carbons (Fsp3) is 0.632. The van der Waals surface area contributed by atoms with Crippen molar-refractivity contribution in [1.82, 2.24) is 9.80 Å². The van der Waals surface area contributed by atoms with E-state index in [0.29, 0.717) is 12.3 Å². The molecular formula is C19H28N4O4. The Kier molecular flexibility index (Phi) is 6.15. The van der Waals surface area contributed by atoms with E-state index in [4.69, 9.17) is 4.74 Å². The molecule has 0 aliphatic carbocycles. The summed E-state index contributed by atoms with van der Waals surface area (Å²) in [4.78, 5) is 29.6. The van der Waals surface area contributed by atoms with Gasteiger partial charge in [0.2, 0.25) is 5.91 Å². The van der Waals surface area contributed by atoms with Gasteiger partial charge >= 0.3 is 5.69 Å². The molecule has 0 N–H and O–H groups in total. The lowest BCUT2D eigenvalue weighted by Crippen LogP contribution is -2.47. The maximum absolute atomic E-state index is 12.5. The molecule has 0 unspecified atom stereocenters. The van der Waals surface area contributed by atoms with Gasteiger partial charge in [0.25, 0.3) is 0 Å². The monoisotopic (exact) mass is 376 g/mol. The summed E-state index contributed by atoms with van der Waals surface area (Å²) >= 11 is 0. The van der Waals surface area contributed by atoms with Crippen molar-refractivity contribution in [2.75, 3.05) is 58.3 Å². The van der Waals surface area contributed by atoms with Crippen LogP contribution in [0, 0.1) is 16.0 Å². The lowest BCUT2D eigenvalue weighted by Gasteiger charge is -2.36. The number of hydrogen-bond donors (Lipinski definition) is 0. The van der Waals surface area contributed by atoms with Gasteiger partial charge in [0.1, 0.15) is 0 Å². The molecule has 0 spiro atoms. The Balaban J connectivity index is 1.53. The minimum atomic E-state index is -0.432. The van der Waals surface area contributed by atoms with Crippen LogP contribution in [0.15, 0.2) is 18.2 Å². The number of likely N-dealkylation sites (N-methyl/N-ethyl adjacent to an activating group) is 1. The fourth-order valence-electron chi connectivity index (χ4n) is 3.84. The summed E-state index contributed by atoms with van der Waals surface area (Å²) in [5, 5.41) is 11.0. The topological polar surface area (TPSA) is 79.2 Å². The Labute approximate surface area is 159 Å². The predicted octanol–water partition coefficient (Wildman–Crippen LogP) is 1.98. The Morgan fingerprint density at radius 3 is 2.44 bits per heavy atom. The smallest absolute Gasteiger partial charge is 0.311 e. The van der Waals surface area contributed by atoms with E-state index >= 15 is 0 Å². The lowest BCUT2D eigenvalue weighted by atomic mass is 9.92. The van der Waals surface area contributed by atoms with Gasteiger partial charge in [-0.2, -0.15) is 0 Å². The van der Waals surface area contributed by atoms with Crippen LogP contribution in [0.2, 0.25) is 0 Å². The van der Waals surface area contributed by atoms with Crippen LogP contribution in [0.4, 0.5) is 11.4 Å². The molecule has 0 atom stereocenters. The van der Waals surface area contributed by atoms with Gasteiger partial charge in [-0.25, -0.2) is 0 Å². The molecule has 0 bridgehead atoms. The molecule has 2 heterocycles. The highest BCUT2D eigenvalue weighted by atomic mass is 16.6. The number of hydrogen-bond acceptors (Lipinski definition) is 6. The first kappa shape index (κ1) is 19.4. The fourth-order valence-corrected chi connectivity index (χ4v) is 3.84. The second-order valence-corrected chi connectivity index (χ2v) is 7.43. The third kappa shape index (κ3) is 4.68. The number of methoxy groups -OCH3 is 1. The number of amides is 1. The van der Waals surface area contributed by atoms with Crippen molar-refractivity contribution in [3.8, 4) is 5.75 Å². The third-order valence-electron chi connectivity index (χ3n) is 5.66. The van der Waals surface area contributed by atoms with Crippen molar-refractivity contribution in [3.05, 3.63) is 28.3 Å². The molecule has 2 aliphatic heterocycles. The van der Waals surface area contributed by atoms with E-state index in [-0.39, 0.29) is 17.3 Å². The normalized spacial score (nSPS) is 19.2. The summed E-state index contributed by atoms with van der Waals surface area (Å²) in [6, 6.07) is 5.00. The van der Waals surface area contributed by atoms with Gasteiger partial charge in [-0.1, -0.05) is 0 Å². The Morgan fingerprint density at radius 1 is 1.19 bits per heavy atom. The zero-order valence-electron chi connectivity index (χ0n) is 16.1. The molecule has 0 aromatic heterocycles. The maximum Gasteiger partial charge on any atom is 0.311 e. The van der Waals surface area contributed by atoms with Crippen LogP contribution < -0.4 is 9.64 Å². The molecule has 0 saturated carbocycles. The van der Waals surface area contributed by atoms with Crippen molar-refractivity contribution in [2.24, 2.45) is 5.92 Å². The number of carbonyl (C=O) groups excluding carboxylic acids is 1. The Morgan fingerprint density at radius 2 is 1.85 bits per heavy atom. The molecule has 8 heteroatoms. The summed E-state index contributed by atoms with van der Waals surface area (Å²) in [5.41, 5.74) is 0.912. The number of nitrogens with zero attached hydrogens (tertiary/aromatic N) is 4. The van der Waals surface area contributed by atoms with Crippen molar-refractivity contribution in [3.63, 3.8) is 0 Å². The number of nitro groups is 1. The van der Waals surface area contributed by atoms with Crippen molar-refractivity contribution >= 4 is 17.3 Å². The zero-order chi connectivity index (χ0) is 19.4. The Hall–Kier alpha value is -2.35. The third-order valence-corrected chi connectivity index (χ3v) is 5.66. The average molecular weight is 376 g/mol. The molecule has 1 amide bonds. The molecule has 2 fully saturated rings. The summed E-state index contributed by atoms with van der Waals surface area (Å²) in [6.07, 6.45) is 2.54. The van der Waals surface area contributed by atoms with Gasteiger partial charge < -0.3 is 19.4 Å². The van der Waals surface area contributed by atoms with Crippen LogP contribution in [0.5, 0.6) is 5.75 Å². The lowest BCUT2D eigenvalue weighted by molar-refractivity contribution is -0.385. The van der Waals surface area contributed by atoms with Crippen LogP contribution >= 0.6 is 0 Å². The van der Waals surface area contributed by atoms with Gasteiger partial charge in [0.15, 0.2) is 5.75 Å². The standard InChI is InChI=1S/C19H28N4O4/c1-20-9-11-22(12-10-20)19(24)13-15-5-7-21(8-6-15)16-3-4-17(23(25)26)18(14-16)27-2/h3-4,14-15H,5-13H2,1-2H3. The molecule has 1 aromatic rings. The average Bonchev–Trinajstić information content (AvgIpc) is 2.68. The first-order valence-electron chi connectivity index (χ1n) is 9.51. The van der Waals surface area contributed by atoms with Gasteiger partial charge in [0, 0.05) is 63.5 Å². The van der Waals surface area contributed by atoms with E-state index in [1.807, 2.05) is 4.90 Å². The highest BCUT2D eigenvalue weighted by Crippen LogP contribution is 2.33. The molecule has 8 nitrogen and oxygen atoms in total. The van der Waals surface area contributed by atoms with Gasteiger partial charge in [-0.05, 0) is 31.9 Å². The van der Waals surface area contributed by atoms with E-state index < -0.39 is 4.92 Å². The largest absolute Gasteiger partial charge is 0.490 e. The zero-order valence-corrected chi connectivity index (χ0v) is 16.1. The number of benzene rings is 1. The number of carbonyl (C=O) groups is 1. The first-order chi connectivity index (χ1) is 13.0. The number of piperazine rings is 1. The summed E-state index contributed by atoms with van der Waals surface area (Å²) in [7, 11) is 3.53. The van der Waals surface area contributed by atoms with Crippen LogP contribution in [-0.2, 0) is 4.79 Å². The second kappa shape index (κ2) is 8.56. The van der Waals surface area contributed by atoms with Crippen molar-refractivity contribution in [2.45, 2.75) is 19.3 Å². The van der Waals surface area contributed by atoms with E-state index in [9.17, 15) is 14.9 Å². The van der Waals surface area contributed by atoms with E-state index in [1.165, 1.54) is 13.2 Å². The predicted molar refractivity (Wildman–Crippen MR) is 103 cm³/mol. The number of anilines is 1. The van der Waals surface area contributed by atoms with E-state index in [2.05, 4.69) is 16.8 Å². The number of piperidine rings is 1. The summed E-state index contributed by atoms with van der Waals surface area (Å²) in [6.45, 7) is 5.26. The van der Waals surface area contributed by atoms with Gasteiger partial charge in [-0.3, -0.25) is 14.9 Å². The van der Waals surface area contributed by atoms with E-state index in [1.54, 1.807) is 12.1 Å². The molecule has 0 radical (unpaired) electrons. The van der Waals surface area contributed by atoms with Crippen molar-refractivity contribution in [1.29, 1.82) is 0 Å². The molecule has 1 aromatic carbocycles. The first-order valence-corrected chi connectivity index (χ1v) is 9.51. The summed E-state index contributed by atoms with van der Waals surface area (Å²) in [5.74, 6) is 0.969. The van der Waals surface area contributed by atoms with Gasteiger partial charge in [0.05, 0.1) is 12.0 Å². The minimum absolute atomic E-state index is 0.0195.